The molecule has 1 amide bonds. The van der Waals surface area contributed by atoms with E-state index in [4.69, 9.17) is 4.74 Å². The molecule has 1 aliphatic carbocycles. The normalized spacial score (nSPS) is 20.0. The van der Waals surface area contributed by atoms with E-state index in [-0.39, 0.29) is 5.91 Å². The van der Waals surface area contributed by atoms with E-state index in [9.17, 15) is 4.79 Å². The number of aryl methyl sites for hydroxylation is 1. The van der Waals surface area contributed by atoms with Crippen LogP contribution in [0, 0.1) is 0 Å². The number of hydrogen-bond donors (Lipinski definition) is 1. The minimum absolute atomic E-state index is 0.0467. The fraction of sp³-hybridized carbons (Fsp3) is 0.565. The Morgan fingerprint density at radius 1 is 1.24 bits per heavy atom. The van der Waals surface area contributed by atoms with Crippen LogP contribution in [-0.2, 0) is 12.8 Å². The molecule has 0 saturated carbocycles. The minimum atomic E-state index is 0.0467. The summed E-state index contributed by atoms with van der Waals surface area (Å²) in [7, 11) is 1.74. The standard InChI is InChI=1S/C23H32N4O2/c1-3-10-27(20-6-4-17-5-7-21(29-2)14-18(17)13-20)19-8-11-26(12-9-19)23(28)22-15-24-16-25-22/h5,7,14-16,19-20H,3-4,6,8-13H2,1-2H3,(H,24,25). The summed E-state index contributed by atoms with van der Waals surface area (Å²) < 4.78 is 5.45. The second-order valence-corrected chi connectivity index (χ2v) is 8.25. The smallest absolute Gasteiger partial charge is 0.274 e. The maximum atomic E-state index is 12.6. The molecule has 2 aromatic rings. The van der Waals surface area contributed by atoms with Crippen LogP contribution in [0.4, 0.5) is 0 Å². The first-order valence-corrected chi connectivity index (χ1v) is 10.9. The highest BCUT2D eigenvalue weighted by molar-refractivity contribution is 5.92. The Balaban J connectivity index is 1.41. The molecule has 1 aromatic carbocycles. The zero-order chi connectivity index (χ0) is 20.2. The average Bonchev–Trinajstić information content (AvgIpc) is 3.31. The van der Waals surface area contributed by atoms with Crippen molar-refractivity contribution in [3.63, 3.8) is 0 Å². The van der Waals surface area contributed by atoms with E-state index in [0.717, 1.165) is 57.5 Å². The third-order valence-corrected chi connectivity index (χ3v) is 6.50. The average molecular weight is 397 g/mol. The van der Waals surface area contributed by atoms with E-state index < -0.39 is 0 Å². The van der Waals surface area contributed by atoms with Crippen molar-refractivity contribution in [1.29, 1.82) is 0 Å². The van der Waals surface area contributed by atoms with Crippen molar-refractivity contribution in [2.75, 3.05) is 26.7 Å². The number of carbonyl (C=O) groups excluding carboxylic acids is 1. The van der Waals surface area contributed by atoms with E-state index in [1.54, 1.807) is 19.6 Å². The van der Waals surface area contributed by atoms with Gasteiger partial charge in [-0.15, -0.1) is 0 Å². The van der Waals surface area contributed by atoms with Crippen LogP contribution in [0.25, 0.3) is 0 Å². The number of amides is 1. The van der Waals surface area contributed by atoms with Crippen molar-refractivity contribution in [1.82, 2.24) is 19.8 Å². The number of nitrogens with zero attached hydrogens (tertiary/aromatic N) is 3. The fourth-order valence-electron chi connectivity index (χ4n) is 4.99. The van der Waals surface area contributed by atoms with Gasteiger partial charge in [0, 0.05) is 31.4 Å². The van der Waals surface area contributed by atoms with Gasteiger partial charge >= 0.3 is 0 Å². The summed E-state index contributed by atoms with van der Waals surface area (Å²) in [5.41, 5.74) is 3.43. The van der Waals surface area contributed by atoms with Gasteiger partial charge in [0.25, 0.3) is 5.91 Å². The third-order valence-electron chi connectivity index (χ3n) is 6.50. The number of methoxy groups -OCH3 is 1. The number of ether oxygens (including phenoxy) is 1. The zero-order valence-corrected chi connectivity index (χ0v) is 17.6. The summed E-state index contributed by atoms with van der Waals surface area (Å²) in [5.74, 6) is 1.00. The predicted octanol–water partition coefficient (Wildman–Crippen LogP) is 3.29. The number of fused-ring (bicyclic) bond motifs is 1. The molecule has 1 N–H and O–H groups in total. The molecular formula is C23H32N4O2. The van der Waals surface area contributed by atoms with E-state index >= 15 is 0 Å². The molecule has 6 nitrogen and oxygen atoms in total. The number of benzene rings is 1. The molecule has 0 radical (unpaired) electrons. The number of likely N-dealkylation sites (tertiary alicyclic amines) is 1. The summed E-state index contributed by atoms with van der Waals surface area (Å²) in [6, 6.07) is 7.66. The van der Waals surface area contributed by atoms with Gasteiger partial charge in [0.15, 0.2) is 0 Å². The molecule has 1 atom stereocenters. The Morgan fingerprint density at radius 2 is 2.07 bits per heavy atom. The van der Waals surface area contributed by atoms with E-state index in [2.05, 4.69) is 40.0 Å². The molecule has 156 valence electrons. The van der Waals surface area contributed by atoms with Gasteiger partial charge in [0.1, 0.15) is 11.4 Å². The Morgan fingerprint density at radius 3 is 2.76 bits per heavy atom. The first-order valence-electron chi connectivity index (χ1n) is 10.9. The zero-order valence-electron chi connectivity index (χ0n) is 17.6. The quantitative estimate of drug-likeness (QED) is 0.814. The molecule has 0 spiro atoms. The number of aromatic amines is 1. The number of carbonyl (C=O) groups is 1. The minimum Gasteiger partial charge on any atom is -0.497 e. The first kappa shape index (κ1) is 20.0. The lowest BCUT2D eigenvalue weighted by Gasteiger charge is -2.44. The van der Waals surface area contributed by atoms with Crippen LogP contribution >= 0.6 is 0 Å². The van der Waals surface area contributed by atoms with Crippen LogP contribution in [0.2, 0.25) is 0 Å². The third kappa shape index (κ3) is 4.32. The van der Waals surface area contributed by atoms with Gasteiger partial charge in [-0.2, -0.15) is 0 Å². The van der Waals surface area contributed by atoms with E-state index in [1.807, 2.05) is 4.90 Å². The summed E-state index contributed by atoms with van der Waals surface area (Å²) in [4.78, 5) is 24.3. The van der Waals surface area contributed by atoms with Gasteiger partial charge in [-0.3, -0.25) is 9.69 Å². The van der Waals surface area contributed by atoms with E-state index in [0.29, 0.717) is 17.8 Å². The maximum Gasteiger partial charge on any atom is 0.274 e. The lowest BCUT2D eigenvalue weighted by molar-refractivity contribution is 0.0503. The van der Waals surface area contributed by atoms with Crippen LogP contribution in [-0.4, -0.2) is 64.5 Å². The largest absolute Gasteiger partial charge is 0.497 e. The SMILES string of the molecule is CCCN(C1CCN(C(=O)c2c[nH]cn2)CC1)C1CCc2ccc(OC)cc2C1. The topological polar surface area (TPSA) is 61.5 Å². The Labute approximate surface area is 173 Å². The van der Waals surface area contributed by atoms with Crippen LogP contribution in [0.1, 0.15) is 54.2 Å². The predicted molar refractivity (Wildman–Crippen MR) is 113 cm³/mol. The molecule has 2 heterocycles. The Bertz CT molecular complexity index is 812. The fourth-order valence-corrected chi connectivity index (χ4v) is 4.99. The van der Waals surface area contributed by atoms with Gasteiger partial charge < -0.3 is 14.6 Å². The second kappa shape index (κ2) is 8.99. The number of aromatic nitrogens is 2. The highest BCUT2D eigenvalue weighted by Gasteiger charge is 2.32. The van der Waals surface area contributed by atoms with Crippen LogP contribution in [0.15, 0.2) is 30.7 Å². The molecule has 4 rings (SSSR count). The number of hydrogen-bond acceptors (Lipinski definition) is 4. The van der Waals surface area contributed by atoms with Crippen molar-refractivity contribution in [2.24, 2.45) is 0 Å². The highest BCUT2D eigenvalue weighted by atomic mass is 16.5. The number of imidazole rings is 1. The molecule has 2 aliphatic rings. The summed E-state index contributed by atoms with van der Waals surface area (Å²) in [6.07, 6.45) is 9.94. The molecule has 1 aliphatic heterocycles. The second-order valence-electron chi connectivity index (χ2n) is 8.25. The molecule has 1 fully saturated rings. The van der Waals surface area contributed by atoms with Crippen molar-refractivity contribution in [2.45, 2.75) is 57.5 Å². The van der Waals surface area contributed by atoms with Crippen molar-refractivity contribution in [3.05, 3.63) is 47.5 Å². The first-order chi connectivity index (χ1) is 14.2. The van der Waals surface area contributed by atoms with Crippen LogP contribution < -0.4 is 4.74 Å². The number of nitrogens with one attached hydrogen (secondary N) is 1. The van der Waals surface area contributed by atoms with Gasteiger partial charge in [0.2, 0.25) is 0 Å². The summed E-state index contributed by atoms with van der Waals surface area (Å²) in [6.45, 7) is 5.02. The Kier molecular flexibility index (Phi) is 6.19. The molecule has 0 bridgehead atoms. The van der Waals surface area contributed by atoms with Crippen molar-refractivity contribution in [3.8, 4) is 5.75 Å². The summed E-state index contributed by atoms with van der Waals surface area (Å²) >= 11 is 0. The van der Waals surface area contributed by atoms with E-state index in [1.165, 1.54) is 17.5 Å². The lowest BCUT2D eigenvalue weighted by atomic mass is 9.85. The molecular weight excluding hydrogens is 364 g/mol. The van der Waals surface area contributed by atoms with Gasteiger partial charge in [-0.25, -0.2) is 4.98 Å². The number of H-pyrrole nitrogens is 1. The number of rotatable bonds is 6. The van der Waals surface area contributed by atoms with Crippen LogP contribution in [0.3, 0.4) is 0 Å². The molecule has 1 unspecified atom stereocenters. The number of piperidine rings is 1. The van der Waals surface area contributed by atoms with Gasteiger partial charge in [-0.05, 0) is 68.3 Å². The van der Waals surface area contributed by atoms with Gasteiger partial charge in [-0.1, -0.05) is 13.0 Å². The highest BCUT2D eigenvalue weighted by Crippen LogP contribution is 2.31. The maximum absolute atomic E-state index is 12.6. The molecule has 1 aromatic heterocycles. The van der Waals surface area contributed by atoms with Crippen molar-refractivity contribution < 1.29 is 9.53 Å². The van der Waals surface area contributed by atoms with Gasteiger partial charge in [0.05, 0.1) is 13.4 Å². The molecule has 29 heavy (non-hydrogen) atoms. The lowest BCUT2D eigenvalue weighted by Crippen LogP contribution is -2.51. The molecule has 6 heteroatoms. The molecule has 1 saturated heterocycles. The van der Waals surface area contributed by atoms with Crippen molar-refractivity contribution >= 4 is 5.91 Å². The Hall–Kier alpha value is -2.34. The monoisotopic (exact) mass is 396 g/mol. The van der Waals surface area contributed by atoms with Crippen LogP contribution in [0.5, 0.6) is 5.75 Å². The summed E-state index contributed by atoms with van der Waals surface area (Å²) in [5, 5.41) is 0.